The van der Waals surface area contributed by atoms with Crippen molar-refractivity contribution in [3.05, 3.63) is 64.8 Å². The lowest BCUT2D eigenvalue weighted by molar-refractivity contribution is -0.181. The molecule has 4 amide bonds. The summed E-state index contributed by atoms with van der Waals surface area (Å²) in [5, 5.41) is 71.1. The highest BCUT2D eigenvalue weighted by atomic mass is 35.5. The van der Waals surface area contributed by atoms with Gasteiger partial charge in [-0.15, -0.1) is 11.6 Å². The molecule has 8 atom stereocenters. The number of ether oxygens (including phenoxy) is 10. The molecule has 3 aromatic carbocycles. The van der Waals surface area contributed by atoms with E-state index in [-0.39, 0.29) is 139 Å². The number of hydrogen-bond donors (Lipinski definition) is 10. The Hall–Kier alpha value is -6.51. The maximum Gasteiger partial charge on any atom is 0.407 e. The number of esters is 1. The summed E-state index contributed by atoms with van der Waals surface area (Å²) in [5.41, 5.74) is 2.97. The van der Waals surface area contributed by atoms with Crippen LogP contribution in [0.2, 0.25) is 0 Å². The number of halogens is 1. The van der Waals surface area contributed by atoms with Gasteiger partial charge in [0.1, 0.15) is 30.4 Å². The van der Waals surface area contributed by atoms with Gasteiger partial charge in [-0.25, -0.2) is 9.59 Å². The van der Waals surface area contributed by atoms with E-state index in [1.165, 1.54) is 28.4 Å². The molecule has 1 fully saturated rings. The first-order valence-corrected chi connectivity index (χ1v) is 29.3. The van der Waals surface area contributed by atoms with E-state index in [0.29, 0.717) is 71.1 Å². The standard InChI is InChI=1S/C41H49ClN4O12.C11H21NO7.C7H16O4/c1-4-26(19-47)57-36(55-3)22-56-41(53)43-11-9-35(50)45-12-10-23(17-45)40(52)58-34-15-32-37(28-8-6-5-7-27(28)34)25(16-42)18-46(32)39(51)31-13-24-14-33(54-2)29(20-48)30(21-49)38(24)44-31;1-3-8(6-13)19-10(17-2)7-18-11(16)12-5-4-9(14)15;1-3-6(4-8)11-7(5-9)10-2/h5-8,13-15,23,25-26,36,44,47-49H,4,9-12,16-22H2,1-3H3,(H,43,53);8,10,13H,3-7H2,1-2H3,(H,12,16)(H,14,15);6-9H,3-5H2,1-2H3/t23?,25-,26?,36?;;/m1../s1. The minimum Gasteiger partial charge on any atom is -0.496 e. The largest absolute Gasteiger partial charge is 0.496 e. The van der Waals surface area contributed by atoms with Crippen molar-refractivity contribution in [2.24, 2.45) is 5.92 Å². The van der Waals surface area contributed by atoms with Crippen LogP contribution < -0.4 is 25.0 Å². The van der Waals surface area contributed by atoms with Crippen molar-refractivity contribution >= 4 is 74.9 Å². The van der Waals surface area contributed by atoms with Crippen molar-refractivity contribution < 1.29 is 112 Å². The summed E-state index contributed by atoms with van der Waals surface area (Å²) in [5.74, 6) is -2.09. The maximum atomic E-state index is 14.3. The summed E-state index contributed by atoms with van der Waals surface area (Å²) in [6.45, 7) is 4.62. The third-order valence-corrected chi connectivity index (χ3v) is 14.7. The van der Waals surface area contributed by atoms with Crippen molar-refractivity contribution in [3.8, 4) is 11.5 Å². The fraction of sp³-hybridized carbons (Fsp3) is 0.593. The number of fused-ring (bicyclic) bond motifs is 4. The highest BCUT2D eigenvalue weighted by Crippen LogP contribution is 2.46. The van der Waals surface area contributed by atoms with Gasteiger partial charge in [-0.3, -0.25) is 19.2 Å². The van der Waals surface area contributed by atoms with Gasteiger partial charge in [0, 0.05) is 100 Å². The Bertz CT molecular complexity index is 2820. The molecule has 0 spiro atoms. The molecule has 492 valence electrons. The molecule has 88 heavy (non-hydrogen) atoms. The Balaban J connectivity index is 0.000000453. The van der Waals surface area contributed by atoms with Gasteiger partial charge < -0.3 is 109 Å². The zero-order valence-electron chi connectivity index (χ0n) is 50.7. The molecule has 0 bridgehead atoms. The number of aromatic amines is 1. The molecule has 29 heteroatoms. The number of nitrogens with zero attached hydrogens (tertiary/aromatic N) is 2. The van der Waals surface area contributed by atoms with Gasteiger partial charge >= 0.3 is 24.1 Å². The number of aromatic nitrogens is 1. The SMILES string of the molecule is CCC(CO)OC(CO)OC.CCC(CO)OC(COC(=O)NCCC(=O)N1CCC(C(=O)Oc2cc3c(c4ccccc24)[C@H](CCl)CN3C(=O)c2cc3cc(OC)c(CO)c(CO)c3[nH]2)C1)OC.CCC(CO)OC(COC(=O)NCCC(=O)O)OC. The molecule has 28 nitrogen and oxygen atoms in total. The molecule has 10 N–H and O–H groups in total. The number of methoxy groups -OCH3 is 4. The van der Waals surface area contributed by atoms with Crippen molar-refractivity contribution in [2.45, 2.75) is 116 Å². The molecule has 3 heterocycles. The molecule has 1 aromatic heterocycles. The number of H-pyrrole nitrogens is 1. The van der Waals surface area contributed by atoms with E-state index in [1.54, 1.807) is 28.0 Å². The molecule has 2 aliphatic rings. The number of alkyl halides is 1. The van der Waals surface area contributed by atoms with Gasteiger partial charge in [0.2, 0.25) is 5.91 Å². The second-order valence-electron chi connectivity index (χ2n) is 20.0. The Labute approximate surface area is 515 Å². The molecule has 7 unspecified atom stereocenters. The van der Waals surface area contributed by atoms with E-state index >= 15 is 0 Å². The fourth-order valence-corrected chi connectivity index (χ4v) is 9.63. The molecule has 6 rings (SSSR count). The molecule has 1 saturated heterocycles. The topological polar surface area (TPSA) is 383 Å². The van der Waals surface area contributed by atoms with Crippen LogP contribution >= 0.6 is 11.6 Å². The van der Waals surface area contributed by atoms with Crippen LogP contribution in [0.1, 0.15) is 92.4 Å². The Morgan fingerprint density at radius 1 is 0.682 bits per heavy atom. The van der Waals surface area contributed by atoms with Gasteiger partial charge in [-0.05, 0) is 48.8 Å². The summed E-state index contributed by atoms with van der Waals surface area (Å²) in [7, 11) is 5.70. The predicted molar refractivity (Wildman–Crippen MR) is 318 cm³/mol. The summed E-state index contributed by atoms with van der Waals surface area (Å²) in [6, 6.07) is 12.5. The first kappa shape index (κ1) is 74.0. The van der Waals surface area contributed by atoms with E-state index in [4.69, 9.17) is 79.4 Å². The molecule has 4 aromatic rings. The Kier molecular flexibility index (Phi) is 32.6. The van der Waals surface area contributed by atoms with Crippen molar-refractivity contribution in [2.75, 3.05) is 112 Å². The minimum absolute atomic E-state index is 0.00857. The third-order valence-electron chi connectivity index (χ3n) is 14.4. The summed E-state index contributed by atoms with van der Waals surface area (Å²) < 4.78 is 52.2. The van der Waals surface area contributed by atoms with Gasteiger partial charge in [0.15, 0.2) is 18.9 Å². The summed E-state index contributed by atoms with van der Waals surface area (Å²) >= 11 is 6.50. The lowest BCUT2D eigenvalue weighted by Crippen LogP contribution is -2.36. The van der Waals surface area contributed by atoms with E-state index in [2.05, 4.69) is 15.6 Å². The fourth-order valence-electron chi connectivity index (χ4n) is 9.38. The minimum atomic E-state index is -1.01. The van der Waals surface area contributed by atoms with E-state index in [0.717, 1.165) is 10.9 Å². The molecule has 2 aliphatic heterocycles. The molecule has 0 radical (unpaired) electrons. The number of aliphatic carboxylic acids is 1. The summed E-state index contributed by atoms with van der Waals surface area (Å²) in [6.07, 6.45) is -2.80. The van der Waals surface area contributed by atoms with Crippen LogP contribution in [0.4, 0.5) is 15.3 Å². The number of carboxylic acids is 1. The number of aliphatic hydroxyl groups is 6. The summed E-state index contributed by atoms with van der Waals surface area (Å²) in [4.78, 5) is 80.9. The van der Waals surface area contributed by atoms with Crippen LogP contribution in [0.3, 0.4) is 0 Å². The number of anilines is 1. The second kappa shape index (κ2) is 38.8. The Morgan fingerprint density at radius 2 is 1.23 bits per heavy atom. The number of likely N-dealkylation sites (tertiary alicyclic amines) is 1. The number of carboxylic acid groups (broad SMARTS) is 1. The zero-order chi connectivity index (χ0) is 64.9. The predicted octanol–water partition coefficient (Wildman–Crippen LogP) is 3.61. The van der Waals surface area contributed by atoms with E-state index < -0.39 is 55.0 Å². The van der Waals surface area contributed by atoms with Crippen molar-refractivity contribution in [3.63, 3.8) is 0 Å². The van der Waals surface area contributed by atoms with Crippen molar-refractivity contribution in [1.82, 2.24) is 20.5 Å². The van der Waals surface area contributed by atoms with Crippen LogP contribution in [-0.4, -0.2) is 225 Å². The second-order valence-corrected chi connectivity index (χ2v) is 20.3. The molecule has 0 saturated carbocycles. The lowest BCUT2D eigenvalue weighted by Gasteiger charge is -2.21. The first-order valence-electron chi connectivity index (χ1n) is 28.8. The van der Waals surface area contributed by atoms with Gasteiger partial charge in [-0.2, -0.15) is 0 Å². The van der Waals surface area contributed by atoms with Crippen LogP contribution in [0, 0.1) is 5.92 Å². The number of rotatable bonds is 33. The van der Waals surface area contributed by atoms with E-state index in [1.807, 2.05) is 45.0 Å². The van der Waals surface area contributed by atoms with Gasteiger partial charge in [0.25, 0.3) is 5.91 Å². The van der Waals surface area contributed by atoms with Crippen LogP contribution in [0.25, 0.3) is 21.7 Å². The lowest BCUT2D eigenvalue weighted by atomic mass is 9.95. The highest BCUT2D eigenvalue weighted by molar-refractivity contribution is 6.19. The smallest absolute Gasteiger partial charge is 0.407 e. The zero-order valence-corrected chi connectivity index (χ0v) is 51.5. The average molecular weight is 1270 g/mol. The molecular formula is C59H86ClN5O23. The highest BCUT2D eigenvalue weighted by Gasteiger charge is 2.38. The first-order chi connectivity index (χ1) is 42.4. The Morgan fingerprint density at radius 3 is 1.72 bits per heavy atom. The number of nitrogens with one attached hydrogen (secondary N) is 3. The van der Waals surface area contributed by atoms with Gasteiger partial charge in [0.05, 0.1) is 88.6 Å². The quantitative estimate of drug-likeness (QED) is 0.0141. The molecular weight excluding hydrogens is 1180 g/mol. The van der Waals surface area contributed by atoms with E-state index in [9.17, 15) is 44.1 Å². The van der Waals surface area contributed by atoms with Crippen LogP contribution in [0.5, 0.6) is 11.5 Å². The number of benzene rings is 3. The van der Waals surface area contributed by atoms with Gasteiger partial charge in [-0.1, -0.05) is 45.0 Å². The number of carbonyl (C=O) groups is 6. The van der Waals surface area contributed by atoms with Crippen molar-refractivity contribution in [1.29, 1.82) is 0 Å². The number of aliphatic hydroxyl groups excluding tert-OH is 6. The number of alkyl carbamates (subject to hydrolysis) is 2. The average Bonchev–Trinajstić information content (AvgIpc) is 1.58. The van der Waals surface area contributed by atoms with Crippen LogP contribution in [-0.2, 0) is 65.5 Å². The molecule has 0 aliphatic carbocycles. The number of carbonyl (C=O) groups excluding carboxylic acids is 5. The number of hydrogen-bond acceptors (Lipinski definition) is 22. The van der Waals surface area contributed by atoms with Crippen LogP contribution in [0.15, 0.2) is 42.5 Å². The normalized spacial score (nSPS) is 16.4. The maximum absolute atomic E-state index is 14.3. The third kappa shape index (κ3) is 21.3. The monoisotopic (exact) mass is 1270 g/mol. The number of amides is 4.